The Morgan fingerprint density at radius 1 is 1.67 bits per heavy atom. The van der Waals surface area contributed by atoms with Crippen LogP contribution in [0.2, 0.25) is 0 Å². The Morgan fingerprint density at radius 3 is 2.83 bits per heavy atom. The van der Waals surface area contributed by atoms with Crippen molar-refractivity contribution in [3.63, 3.8) is 0 Å². The van der Waals surface area contributed by atoms with Crippen LogP contribution in [0, 0.1) is 0 Å². The van der Waals surface area contributed by atoms with E-state index in [2.05, 4.69) is 18.7 Å². The lowest BCUT2D eigenvalue weighted by Gasteiger charge is -2.27. The number of amides is 1. The Kier molecular flexibility index (Phi) is 2.53. The molecule has 0 spiro atoms. The van der Waals surface area contributed by atoms with Crippen molar-refractivity contribution >= 4 is 5.91 Å². The number of carbonyl (C=O) groups is 1. The average molecular weight is 166 g/mol. The van der Waals surface area contributed by atoms with E-state index in [4.69, 9.17) is 5.73 Å². The zero-order valence-corrected chi connectivity index (χ0v) is 7.45. The van der Waals surface area contributed by atoms with Crippen molar-refractivity contribution < 1.29 is 4.79 Å². The van der Waals surface area contributed by atoms with Gasteiger partial charge in [0, 0.05) is 18.2 Å². The van der Waals surface area contributed by atoms with Gasteiger partial charge in [0.15, 0.2) is 0 Å². The third kappa shape index (κ3) is 1.87. The molecule has 0 aromatic rings. The molecule has 1 heterocycles. The fourth-order valence-electron chi connectivity index (χ4n) is 1.09. The molecule has 2 N–H and O–H groups in total. The largest absolute Gasteiger partial charge is 0.370 e. The first-order chi connectivity index (χ1) is 5.61. The molecule has 1 aliphatic rings. The Labute approximate surface area is 72.5 Å². The number of nitrogens with two attached hydrogens (primary N) is 1. The molecule has 1 amide bonds. The fraction of sp³-hybridized carbons (Fsp3) is 0.444. The van der Waals surface area contributed by atoms with E-state index in [9.17, 15) is 4.79 Å². The van der Waals surface area contributed by atoms with Gasteiger partial charge in [-0.3, -0.25) is 4.79 Å². The first kappa shape index (κ1) is 8.84. The van der Waals surface area contributed by atoms with Gasteiger partial charge in [-0.2, -0.15) is 0 Å². The van der Waals surface area contributed by atoms with E-state index >= 15 is 0 Å². The zero-order chi connectivity index (χ0) is 9.14. The standard InChI is InChI=1S/C9H14N2O/c1-7(2)11-5-3-4-8(6-11)9(10)12/h3-5,7H,6H2,1-2H3,(H2,10,12). The normalized spacial score (nSPS) is 16.6. The maximum Gasteiger partial charge on any atom is 0.246 e. The molecule has 12 heavy (non-hydrogen) atoms. The van der Waals surface area contributed by atoms with Crippen molar-refractivity contribution in [2.75, 3.05) is 6.54 Å². The van der Waals surface area contributed by atoms with Crippen LogP contribution < -0.4 is 5.73 Å². The molecule has 0 unspecified atom stereocenters. The summed E-state index contributed by atoms with van der Waals surface area (Å²) >= 11 is 0. The topological polar surface area (TPSA) is 46.3 Å². The second-order valence-electron chi connectivity index (χ2n) is 3.16. The first-order valence-corrected chi connectivity index (χ1v) is 4.04. The van der Waals surface area contributed by atoms with Crippen molar-refractivity contribution in [3.8, 4) is 0 Å². The summed E-state index contributed by atoms with van der Waals surface area (Å²) in [6.45, 7) is 4.78. The monoisotopic (exact) mass is 166 g/mol. The molecule has 1 rings (SSSR count). The summed E-state index contributed by atoms with van der Waals surface area (Å²) in [5, 5.41) is 0. The Balaban J connectivity index is 2.67. The lowest BCUT2D eigenvalue weighted by atomic mass is 10.1. The van der Waals surface area contributed by atoms with Crippen LogP contribution in [0.3, 0.4) is 0 Å². The lowest BCUT2D eigenvalue weighted by molar-refractivity contribution is -0.114. The summed E-state index contributed by atoms with van der Waals surface area (Å²) in [5.41, 5.74) is 5.83. The van der Waals surface area contributed by atoms with Crippen molar-refractivity contribution in [3.05, 3.63) is 23.9 Å². The van der Waals surface area contributed by atoms with Gasteiger partial charge in [0.2, 0.25) is 5.91 Å². The number of rotatable bonds is 2. The van der Waals surface area contributed by atoms with Crippen LogP contribution in [0.25, 0.3) is 0 Å². The van der Waals surface area contributed by atoms with Crippen LogP contribution in [0.15, 0.2) is 23.9 Å². The SMILES string of the molecule is CC(C)N1C=CC=C(C(N)=O)C1. The van der Waals surface area contributed by atoms with Crippen LogP contribution >= 0.6 is 0 Å². The highest BCUT2D eigenvalue weighted by atomic mass is 16.1. The smallest absolute Gasteiger partial charge is 0.246 e. The second-order valence-corrected chi connectivity index (χ2v) is 3.16. The number of nitrogens with zero attached hydrogens (tertiary/aromatic N) is 1. The number of allylic oxidation sites excluding steroid dienone is 2. The summed E-state index contributed by atoms with van der Waals surface area (Å²) in [4.78, 5) is 12.9. The van der Waals surface area contributed by atoms with Crippen LogP contribution in [0.5, 0.6) is 0 Å². The Bertz CT molecular complexity index is 241. The van der Waals surface area contributed by atoms with E-state index in [0.29, 0.717) is 18.2 Å². The molecule has 0 saturated carbocycles. The van der Waals surface area contributed by atoms with Crippen LogP contribution in [-0.4, -0.2) is 23.4 Å². The number of carbonyl (C=O) groups excluding carboxylic acids is 1. The van der Waals surface area contributed by atoms with Crippen molar-refractivity contribution in [1.82, 2.24) is 4.90 Å². The molecule has 0 saturated heterocycles. The predicted molar refractivity (Wildman–Crippen MR) is 48.3 cm³/mol. The minimum atomic E-state index is -0.329. The van der Waals surface area contributed by atoms with Crippen LogP contribution in [-0.2, 0) is 4.79 Å². The molecule has 0 atom stereocenters. The highest BCUT2D eigenvalue weighted by Crippen LogP contribution is 2.09. The maximum absolute atomic E-state index is 10.8. The van der Waals surface area contributed by atoms with Crippen LogP contribution in [0.1, 0.15) is 13.8 Å². The van der Waals surface area contributed by atoms with Gasteiger partial charge < -0.3 is 10.6 Å². The maximum atomic E-state index is 10.8. The number of hydrogen-bond acceptors (Lipinski definition) is 2. The first-order valence-electron chi connectivity index (χ1n) is 4.04. The van der Waals surface area contributed by atoms with Crippen LogP contribution in [0.4, 0.5) is 0 Å². The summed E-state index contributed by atoms with van der Waals surface area (Å²) in [6, 6.07) is 0.407. The third-order valence-electron chi connectivity index (χ3n) is 1.91. The highest BCUT2D eigenvalue weighted by molar-refractivity contribution is 5.92. The number of primary amides is 1. The van der Waals surface area contributed by atoms with Crippen molar-refractivity contribution in [1.29, 1.82) is 0 Å². The van der Waals surface area contributed by atoms with E-state index in [1.54, 1.807) is 6.08 Å². The van der Waals surface area contributed by atoms with Crippen molar-refractivity contribution in [2.24, 2.45) is 5.73 Å². The minimum absolute atomic E-state index is 0.329. The molecule has 3 heteroatoms. The second kappa shape index (κ2) is 3.43. The summed E-state index contributed by atoms with van der Waals surface area (Å²) < 4.78 is 0. The van der Waals surface area contributed by atoms with E-state index in [1.165, 1.54) is 0 Å². The molecule has 0 radical (unpaired) electrons. The van der Waals surface area contributed by atoms with E-state index in [-0.39, 0.29) is 5.91 Å². The van der Waals surface area contributed by atoms with Gasteiger partial charge in [-0.15, -0.1) is 0 Å². The number of hydrogen-bond donors (Lipinski definition) is 1. The summed E-state index contributed by atoms with van der Waals surface area (Å²) in [5.74, 6) is -0.329. The van der Waals surface area contributed by atoms with Gasteiger partial charge in [-0.25, -0.2) is 0 Å². The fourth-order valence-corrected chi connectivity index (χ4v) is 1.09. The molecule has 0 aromatic carbocycles. The Morgan fingerprint density at radius 2 is 2.33 bits per heavy atom. The molecule has 1 aliphatic heterocycles. The van der Waals surface area contributed by atoms with Gasteiger partial charge in [0.05, 0.1) is 0 Å². The molecular weight excluding hydrogens is 152 g/mol. The van der Waals surface area contributed by atoms with Crippen molar-refractivity contribution in [2.45, 2.75) is 19.9 Å². The molecule has 0 fully saturated rings. The molecular formula is C9H14N2O. The van der Waals surface area contributed by atoms with Gasteiger partial charge in [-0.1, -0.05) is 6.08 Å². The molecule has 66 valence electrons. The lowest BCUT2D eigenvalue weighted by Crippen LogP contribution is -2.32. The van der Waals surface area contributed by atoms with Gasteiger partial charge >= 0.3 is 0 Å². The van der Waals surface area contributed by atoms with E-state index in [1.807, 2.05) is 12.3 Å². The zero-order valence-electron chi connectivity index (χ0n) is 7.45. The minimum Gasteiger partial charge on any atom is -0.370 e. The molecule has 3 nitrogen and oxygen atoms in total. The predicted octanol–water partition coefficient (Wildman–Crippen LogP) is 0.636. The van der Waals surface area contributed by atoms with Gasteiger partial charge in [0.25, 0.3) is 0 Å². The Hall–Kier alpha value is -1.25. The van der Waals surface area contributed by atoms with Gasteiger partial charge in [0.1, 0.15) is 0 Å². The molecule has 0 bridgehead atoms. The van der Waals surface area contributed by atoms with E-state index < -0.39 is 0 Å². The molecule has 0 aliphatic carbocycles. The summed E-state index contributed by atoms with van der Waals surface area (Å²) in [6.07, 6.45) is 5.59. The van der Waals surface area contributed by atoms with Gasteiger partial charge in [-0.05, 0) is 26.1 Å². The summed E-state index contributed by atoms with van der Waals surface area (Å²) in [7, 11) is 0. The quantitative estimate of drug-likeness (QED) is 0.654. The molecule has 0 aromatic heterocycles. The highest BCUT2D eigenvalue weighted by Gasteiger charge is 2.13. The van der Waals surface area contributed by atoms with E-state index in [0.717, 1.165) is 0 Å². The average Bonchev–Trinajstić information content (AvgIpc) is 2.04. The third-order valence-corrected chi connectivity index (χ3v) is 1.91.